The maximum absolute atomic E-state index is 13.4. The van der Waals surface area contributed by atoms with Gasteiger partial charge in [-0.3, -0.25) is 0 Å². The van der Waals surface area contributed by atoms with Crippen LogP contribution in [0.25, 0.3) is 11.3 Å². The summed E-state index contributed by atoms with van der Waals surface area (Å²) < 4.78 is 33.3. The predicted octanol–water partition coefficient (Wildman–Crippen LogP) is 4.03. The van der Waals surface area contributed by atoms with Crippen molar-refractivity contribution in [1.82, 2.24) is 13.9 Å². The summed E-state index contributed by atoms with van der Waals surface area (Å²) >= 11 is 0. The highest BCUT2D eigenvalue weighted by atomic mass is 32.2. The highest BCUT2D eigenvalue weighted by Gasteiger charge is 2.24. The molecule has 9 heteroatoms. The van der Waals surface area contributed by atoms with Gasteiger partial charge in [-0.25, -0.2) is 22.2 Å². The lowest BCUT2D eigenvalue weighted by Crippen LogP contribution is -2.33. The highest BCUT2D eigenvalue weighted by molar-refractivity contribution is 7.90. The molecule has 0 aliphatic heterocycles. The van der Waals surface area contributed by atoms with E-state index < -0.39 is 21.7 Å². The van der Waals surface area contributed by atoms with Crippen LogP contribution < -0.4 is 0 Å². The summed E-state index contributed by atoms with van der Waals surface area (Å²) in [5, 5.41) is 8.93. The predicted molar refractivity (Wildman–Crippen MR) is 119 cm³/mol. The lowest BCUT2D eigenvalue weighted by molar-refractivity contribution is 0.0285. The van der Waals surface area contributed by atoms with E-state index >= 15 is 0 Å². The number of nitrogens with zero attached hydrogens (tertiary/aromatic N) is 4. The molecule has 0 fully saturated rings. The molecule has 0 aliphatic carbocycles. The first-order valence-corrected chi connectivity index (χ1v) is 11.3. The molecule has 0 unspecified atom stereocenters. The van der Waals surface area contributed by atoms with Gasteiger partial charge in [-0.1, -0.05) is 30.3 Å². The van der Waals surface area contributed by atoms with Gasteiger partial charge in [-0.05, 0) is 50.1 Å². The van der Waals surface area contributed by atoms with Crippen molar-refractivity contribution in [2.45, 2.75) is 37.8 Å². The first-order valence-electron chi connectivity index (χ1n) is 9.84. The number of amides is 1. The Labute approximate surface area is 187 Å². The van der Waals surface area contributed by atoms with Gasteiger partial charge in [0.25, 0.3) is 10.0 Å². The number of nitriles is 1. The molecule has 0 atom stereocenters. The molecule has 2 aromatic heterocycles. The largest absolute Gasteiger partial charge is 0.444 e. The molecule has 166 valence electrons. The third-order valence-electron chi connectivity index (χ3n) is 4.44. The molecule has 0 radical (unpaired) electrons. The molecular formula is C23H24N4O4S. The zero-order valence-electron chi connectivity index (χ0n) is 18.3. The second-order valence-corrected chi connectivity index (χ2v) is 10.0. The Balaban J connectivity index is 2.02. The standard InChI is InChI=1S/C23H24N4O4S/c1-23(2,3)31-22(28)26(4)15-17-12-21(18-8-6-5-7-9-18)27(16-17)32(29,30)20-11-10-19(13-24)25-14-20/h5-12,14,16H,15H2,1-4H3. The zero-order chi connectivity index (χ0) is 23.5. The van der Waals surface area contributed by atoms with Gasteiger partial charge in [0, 0.05) is 19.4 Å². The van der Waals surface area contributed by atoms with E-state index in [2.05, 4.69) is 4.98 Å². The third kappa shape index (κ3) is 5.15. The van der Waals surface area contributed by atoms with Gasteiger partial charge in [-0.2, -0.15) is 5.26 Å². The van der Waals surface area contributed by atoms with E-state index in [1.165, 1.54) is 27.2 Å². The first kappa shape index (κ1) is 23.0. The number of hydrogen-bond acceptors (Lipinski definition) is 6. The maximum atomic E-state index is 13.4. The number of pyridine rings is 1. The van der Waals surface area contributed by atoms with E-state index in [9.17, 15) is 13.2 Å². The second kappa shape index (κ2) is 8.85. The third-order valence-corrected chi connectivity index (χ3v) is 6.10. The lowest BCUT2D eigenvalue weighted by atomic mass is 10.1. The number of benzene rings is 1. The molecule has 1 amide bonds. The zero-order valence-corrected chi connectivity index (χ0v) is 19.1. The number of rotatable bonds is 5. The average Bonchev–Trinajstić information content (AvgIpc) is 3.18. The number of carbonyl (C=O) groups is 1. The fraction of sp³-hybridized carbons (Fsp3) is 0.261. The Bertz CT molecular complexity index is 1250. The molecule has 32 heavy (non-hydrogen) atoms. The fourth-order valence-corrected chi connectivity index (χ4v) is 4.34. The smallest absolute Gasteiger partial charge is 0.410 e. The summed E-state index contributed by atoms with van der Waals surface area (Å²) in [5.74, 6) is 0. The van der Waals surface area contributed by atoms with Gasteiger partial charge >= 0.3 is 6.09 Å². The van der Waals surface area contributed by atoms with Crippen LogP contribution in [-0.2, 0) is 21.3 Å². The van der Waals surface area contributed by atoms with Crippen molar-refractivity contribution in [3.05, 3.63) is 72.2 Å². The number of ether oxygens (including phenoxy) is 1. The van der Waals surface area contributed by atoms with E-state index in [4.69, 9.17) is 10.00 Å². The molecule has 0 saturated carbocycles. The van der Waals surface area contributed by atoms with Crippen LogP contribution in [-0.4, -0.2) is 41.0 Å². The number of carbonyl (C=O) groups excluding carboxylic acids is 1. The van der Waals surface area contributed by atoms with E-state index in [1.807, 2.05) is 24.3 Å². The molecule has 3 rings (SSSR count). The summed E-state index contributed by atoms with van der Waals surface area (Å²) in [6, 6.07) is 15.4. The van der Waals surface area contributed by atoms with Gasteiger partial charge in [-0.15, -0.1) is 0 Å². The summed E-state index contributed by atoms with van der Waals surface area (Å²) in [7, 11) is -2.41. The minimum absolute atomic E-state index is 0.0451. The molecular weight excluding hydrogens is 428 g/mol. The molecule has 3 aromatic rings. The number of aromatic nitrogens is 2. The average molecular weight is 453 g/mol. The normalized spacial score (nSPS) is 11.6. The van der Waals surface area contributed by atoms with Crippen molar-refractivity contribution >= 4 is 16.1 Å². The van der Waals surface area contributed by atoms with Crippen LogP contribution in [0.15, 0.2) is 65.8 Å². The van der Waals surface area contributed by atoms with Crippen LogP contribution in [0.5, 0.6) is 0 Å². The van der Waals surface area contributed by atoms with Crippen LogP contribution in [0, 0.1) is 11.3 Å². The fourth-order valence-electron chi connectivity index (χ4n) is 2.99. The van der Waals surface area contributed by atoms with Crippen molar-refractivity contribution in [2.75, 3.05) is 7.05 Å². The summed E-state index contributed by atoms with van der Waals surface area (Å²) in [4.78, 5) is 17.6. The van der Waals surface area contributed by atoms with Crippen molar-refractivity contribution < 1.29 is 17.9 Å². The molecule has 1 aromatic carbocycles. The van der Waals surface area contributed by atoms with Crippen molar-refractivity contribution in [1.29, 1.82) is 5.26 Å². The second-order valence-electron chi connectivity index (χ2n) is 8.23. The molecule has 2 heterocycles. The Morgan fingerprint density at radius 3 is 2.44 bits per heavy atom. The molecule has 0 saturated heterocycles. The minimum atomic E-state index is -4.00. The quantitative estimate of drug-likeness (QED) is 0.579. The van der Waals surface area contributed by atoms with Crippen LogP contribution in [0.3, 0.4) is 0 Å². The summed E-state index contributed by atoms with van der Waals surface area (Å²) in [5.41, 5.74) is 1.24. The molecule has 8 nitrogen and oxygen atoms in total. The van der Waals surface area contributed by atoms with E-state index in [0.29, 0.717) is 16.8 Å². The molecule has 0 N–H and O–H groups in total. The lowest BCUT2D eigenvalue weighted by Gasteiger charge is -2.24. The van der Waals surface area contributed by atoms with Crippen LogP contribution >= 0.6 is 0 Å². The first-order chi connectivity index (χ1) is 15.0. The minimum Gasteiger partial charge on any atom is -0.444 e. The van der Waals surface area contributed by atoms with Crippen LogP contribution in [0.1, 0.15) is 32.0 Å². The van der Waals surface area contributed by atoms with Crippen molar-refractivity contribution in [2.24, 2.45) is 0 Å². The van der Waals surface area contributed by atoms with Gasteiger partial charge in [0.1, 0.15) is 22.3 Å². The monoisotopic (exact) mass is 452 g/mol. The van der Waals surface area contributed by atoms with Gasteiger partial charge < -0.3 is 9.64 Å². The Kier molecular flexibility index (Phi) is 6.37. The topological polar surface area (TPSA) is 105 Å². The van der Waals surface area contributed by atoms with Crippen molar-refractivity contribution in [3.63, 3.8) is 0 Å². The van der Waals surface area contributed by atoms with Crippen LogP contribution in [0.2, 0.25) is 0 Å². The summed E-state index contributed by atoms with van der Waals surface area (Å²) in [6.45, 7) is 5.49. The van der Waals surface area contributed by atoms with Gasteiger partial charge in [0.05, 0.1) is 12.2 Å². The van der Waals surface area contributed by atoms with Crippen LogP contribution in [0.4, 0.5) is 4.79 Å². The van der Waals surface area contributed by atoms with E-state index in [0.717, 1.165) is 6.20 Å². The molecule has 0 aliphatic rings. The number of hydrogen-bond donors (Lipinski definition) is 0. The van der Waals surface area contributed by atoms with E-state index in [-0.39, 0.29) is 17.1 Å². The Hall–Kier alpha value is -3.64. The molecule has 0 bridgehead atoms. The molecule has 0 spiro atoms. The van der Waals surface area contributed by atoms with Gasteiger partial charge in [0.2, 0.25) is 0 Å². The maximum Gasteiger partial charge on any atom is 0.410 e. The SMILES string of the molecule is CN(Cc1cc(-c2ccccc2)n(S(=O)(=O)c2ccc(C#N)nc2)c1)C(=O)OC(C)(C)C. The van der Waals surface area contributed by atoms with Gasteiger partial charge in [0.15, 0.2) is 0 Å². The Morgan fingerprint density at radius 2 is 1.88 bits per heavy atom. The highest BCUT2D eigenvalue weighted by Crippen LogP contribution is 2.27. The summed E-state index contributed by atoms with van der Waals surface area (Å²) in [6.07, 6.45) is 2.14. The van der Waals surface area contributed by atoms with E-state index in [1.54, 1.807) is 46.0 Å². The van der Waals surface area contributed by atoms with Crippen molar-refractivity contribution in [3.8, 4) is 17.3 Å². The Morgan fingerprint density at radius 1 is 1.19 bits per heavy atom.